The molecule has 0 aliphatic rings. The molecule has 1 aromatic heterocycles. The second-order valence-corrected chi connectivity index (χ2v) is 6.63. The summed E-state index contributed by atoms with van der Waals surface area (Å²) in [5, 5.41) is 1.92. The van der Waals surface area contributed by atoms with E-state index in [1.54, 1.807) is 12.1 Å². The van der Waals surface area contributed by atoms with Crippen molar-refractivity contribution in [2.45, 2.75) is 13.3 Å². The van der Waals surface area contributed by atoms with Gasteiger partial charge >= 0.3 is 0 Å². The maximum atomic E-state index is 11.7. The number of halogens is 1. The molecule has 5 nitrogen and oxygen atoms in total. The van der Waals surface area contributed by atoms with Crippen molar-refractivity contribution in [3.63, 3.8) is 0 Å². The van der Waals surface area contributed by atoms with E-state index in [9.17, 15) is 9.59 Å². The van der Waals surface area contributed by atoms with Gasteiger partial charge in [-0.05, 0) is 57.6 Å². The highest BCUT2D eigenvalue weighted by Crippen LogP contribution is 2.26. The van der Waals surface area contributed by atoms with Crippen molar-refractivity contribution >= 4 is 45.2 Å². The second-order valence-electron chi connectivity index (χ2n) is 4.79. The van der Waals surface area contributed by atoms with E-state index in [-0.39, 0.29) is 6.61 Å². The van der Waals surface area contributed by atoms with Crippen LogP contribution in [0.3, 0.4) is 0 Å². The molecular weight excluding hydrogens is 392 g/mol. The Morgan fingerprint density at radius 3 is 2.79 bits per heavy atom. The molecule has 2 N–H and O–H groups in total. The topological polar surface area (TPSA) is 67.4 Å². The average molecular weight is 409 g/mol. The molecule has 0 saturated carbocycles. The second kappa shape index (κ2) is 9.24. The lowest BCUT2D eigenvalue weighted by Crippen LogP contribution is -2.43. The van der Waals surface area contributed by atoms with E-state index in [1.807, 2.05) is 29.6 Å². The summed E-state index contributed by atoms with van der Waals surface area (Å²) in [5.74, 6) is -0.282. The summed E-state index contributed by atoms with van der Waals surface area (Å²) >= 11 is 4.93. The molecule has 0 aliphatic carbocycles. The fourth-order valence-corrected chi connectivity index (χ4v) is 2.94. The predicted molar refractivity (Wildman–Crippen MR) is 98.7 cm³/mol. The first kappa shape index (κ1) is 18.2. The minimum atomic E-state index is -0.445. The van der Waals surface area contributed by atoms with Crippen LogP contribution in [-0.4, -0.2) is 18.4 Å². The van der Waals surface area contributed by atoms with Crippen LogP contribution in [0.4, 0.5) is 0 Å². The lowest BCUT2D eigenvalue weighted by Gasteiger charge is -2.10. The van der Waals surface area contributed by atoms with Crippen molar-refractivity contribution in [2.24, 2.45) is 0 Å². The lowest BCUT2D eigenvalue weighted by atomic mass is 10.2. The van der Waals surface area contributed by atoms with Crippen molar-refractivity contribution in [2.75, 3.05) is 6.61 Å². The molecule has 0 unspecified atom stereocenters. The van der Waals surface area contributed by atoms with Gasteiger partial charge in [-0.1, -0.05) is 19.1 Å². The summed E-state index contributed by atoms with van der Waals surface area (Å²) < 4.78 is 6.21. The molecule has 0 aliphatic heterocycles. The summed E-state index contributed by atoms with van der Waals surface area (Å²) in [4.78, 5) is 24.2. The Hall–Kier alpha value is -2.12. The van der Waals surface area contributed by atoms with Crippen molar-refractivity contribution in [3.05, 3.63) is 56.7 Å². The van der Waals surface area contributed by atoms with Crippen LogP contribution >= 0.6 is 27.3 Å². The van der Waals surface area contributed by atoms with Crippen molar-refractivity contribution in [3.8, 4) is 5.75 Å². The molecule has 7 heteroatoms. The summed E-state index contributed by atoms with van der Waals surface area (Å²) in [6.45, 7) is 1.87. The third-order valence-electron chi connectivity index (χ3n) is 3.03. The van der Waals surface area contributed by atoms with Gasteiger partial charge in [0.05, 0.1) is 4.47 Å². The molecule has 0 bridgehead atoms. The minimum Gasteiger partial charge on any atom is -0.483 e. The number of thiophene rings is 1. The zero-order valence-corrected chi connectivity index (χ0v) is 15.4. The van der Waals surface area contributed by atoms with E-state index in [2.05, 4.69) is 33.7 Å². The number of carbonyl (C=O) groups is 2. The molecule has 2 aromatic rings. The van der Waals surface area contributed by atoms with Crippen molar-refractivity contribution in [1.29, 1.82) is 0 Å². The highest BCUT2D eigenvalue weighted by molar-refractivity contribution is 9.10. The van der Waals surface area contributed by atoms with E-state index in [1.165, 1.54) is 23.0 Å². The standard InChI is InChI=1S/C17H17BrN2O3S/c1-2-12-5-7-15(14(18)10-12)23-11-17(22)20-19-16(21)8-6-13-4-3-9-24-13/h3-10H,2,11H2,1H3,(H,19,21)(H,20,22)/b8-6+. The van der Waals surface area contributed by atoms with Gasteiger partial charge in [-0.3, -0.25) is 20.4 Å². The summed E-state index contributed by atoms with van der Waals surface area (Å²) in [7, 11) is 0. The number of aryl methyl sites for hydroxylation is 1. The molecule has 0 atom stereocenters. The monoisotopic (exact) mass is 408 g/mol. The summed E-state index contributed by atoms with van der Waals surface area (Å²) in [5.41, 5.74) is 5.77. The van der Waals surface area contributed by atoms with Crippen molar-refractivity contribution in [1.82, 2.24) is 10.9 Å². The normalized spacial score (nSPS) is 10.6. The molecule has 24 heavy (non-hydrogen) atoms. The maximum absolute atomic E-state index is 11.7. The first-order chi connectivity index (χ1) is 11.6. The SMILES string of the molecule is CCc1ccc(OCC(=O)NNC(=O)/C=C/c2cccs2)c(Br)c1. The largest absolute Gasteiger partial charge is 0.483 e. The molecule has 2 rings (SSSR count). The Morgan fingerprint density at radius 1 is 1.29 bits per heavy atom. The quantitative estimate of drug-likeness (QED) is 0.568. The van der Waals surface area contributed by atoms with Gasteiger partial charge in [-0.2, -0.15) is 0 Å². The number of nitrogens with one attached hydrogen (secondary N) is 2. The number of hydrogen-bond acceptors (Lipinski definition) is 4. The van der Waals surface area contributed by atoms with Crippen LogP contribution in [0, 0.1) is 0 Å². The lowest BCUT2D eigenvalue weighted by molar-refractivity contribution is -0.128. The fourth-order valence-electron chi connectivity index (χ4n) is 1.78. The number of hydrogen-bond donors (Lipinski definition) is 2. The van der Waals surface area contributed by atoms with Gasteiger partial charge in [0, 0.05) is 11.0 Å². The molecule has 126 valence electrons. The van der Waals surface area contributed by atoms with E-state index >= 15 is 0 Å². The molecule has 1 heterocycles. The van der Waals surface area contributed by atoms with Gasteiger partial charge in [0.1, 0.15) is 5.75 Å². The van der Waals surface area contributed by atoms with E-state index in [0.717, 1.165) is 15.8 Å². The maximum Gasteiger partial charge on any atom is 0.276 e. The van der Waals surface area contributed by atoms with Gasteiger partial charge in [0.2, 0.25) is 0 Å². The Kier molecular flexibility index (Phi) is 7.02. The molecular formula is C17H17BrN2O3S. The number of benzene rings is 1. The third kappa shape index (κ3) is 5.82. The molecule has 0 spiro atoms. The Morgan fingerprint density at radius 2 is 2.12 bits per heavy atom. The van der Waals surface area contributed by atoms with Gasteiger partial charge < -0.3 is 4.74 Å². The van der Waals surface area contributed by atoms with Crippen LogP contribution < -0.4 is 15.6 Å². The van der Waals surface area contributed by atoms with E-state index in [0.29, 0.717) is 5.75 Å². The van der Waals surface area contributed by atoms with Crippen LogP contribution in [0.25, 0.3) is 6.08 Å². The van der Waals surface area contributed by atoms with E-state index < -0.39 is 11.8 Å². The molecule has 0 fully saturated rings. The Balaban J connectivity index is 1.74. The average Bonchev–Trinajstić information content (AvgIpc) is 3.10. The Bertz CT molecular complexity index is 729. The zero-order valence-electron chi connectivity index (χ0n) is 13.0. The number of hydrazine groups is 1. The van der Waals surface area contributed by atoms with Gasteiger partial charge in [-0.15, -0.1) is 11.3 Å². The number of rotatable bonds is 6. The van der Waals surface area contributed by atoms with E-state index in [4.69, 9.17) is 4.74 Å². The smallest absolute Gasteiger partial charge is 0.276 e. The predicted octanol–water partition coefficient (Wildman–Crippen LogP) is 3.31. The van der Waals surface area contributed by atoms with Crippen LogP contribution in [0.2, 0.25) is 0 Å². The Labute approximate surface area is 152 Å². The molecule has 0 saturated heterocycles. The molecule has 0 radical (unpaired) electrons. The number of carbonyl (C=O) groups excluding carboxylic acids is 2. The summed E-state index contributed by atoms with van der Waals surface area (Å²) in [6, 6.07) is 9.48. The third-order valence-corrected chi connectivity index (χ3v) is 4.49. The zero-order chi connectivity index (χ0) is 17.4. The molecule has 1 aromatic carbocycles. The number of amides is 2. The van der Waals surface area contributed by atoms with Crippen LogP contribution in [0.15, 0.2) is 46.3 Å². The van der Waals surface area contributed by atoms with Crippen LogP contribution in [-0.2, 0) is 16.0 Å². The van der Waals surface area contributed by atoms with Crippen molar-refractivity contribution < 1.29 is 14.3 Å². The van der Waals surface area contributed by atoms with Gasteiger partial charge in [0.15, 0.2) is 6.61 Å². The van der Waals surface area contributed by atoms with Gasteiger partial charge in [0.25, 0.3) is 11.8 Å². The van der Waals surface area contributed by atoms with Crippen LogP contribution in [0.5, 0.6) is 5.75 Å². The van der Waals surface area contributed by atoms with Crippen LogP contribution in [0.1, 0.15) is 17.4 Å². The highest BCUT2D eigenvalue weighted by atomic mass is 79.9. The molecule has 2 amide bonds. The number of ether oxygens (including phenoxy) is 1. The fraction of sp³-hybridized carbons (Fsp3) is 0.176. The van der Waals surface area contributed by atoms with Gasteiger partial charge in [-0.25, -0.2) is 0 Å². The minimum absolute atomic E-state index is 0.195. The first-order valence-corrected chi connectivity index (χ1v) is 8.97. The first-order valence-electron chi connectivity index (χ1n) is 7.30. The highest BCUT2D eigenvalue weighted by Gasteiger charge is 2.07. The summed E-state index contributed by atoms with van der Waals surface area (Å²) in [6.07, 6.45) is 3.95.